The number of rotatable bonds is 7. The van der Waals surface area contributed by atoms with Crippen molar-refractivity contribution >= 4 is 42.4 Å². The molecule has 2 aromatic rings. The fraction of sp³-hybridized carbons (Fsp3) is 0.714. The van der Waals surface area contributed by atoms with Gasteiger partial charge in [0.1, 0.15) is 23.7 Å². The molecule has 0 aliphatic carbocycles. The lowest BCUT2D eigenvalue weighted by Gasteiger charge is -2.36. The number of fused-ring (bicyclic) bond motifs is 2. The molecule has 36 heavy (non-hydrogen) atoms. The monoisotopic (exact) mass is 546 g/mol. The summed E-state index contributed by atoms with van der Waals surface area (Å²) in [5, 5.41) is 2.81. The third-order valence-electron chi connectivity index (χ3n) is 5.74. The standard InChI is InChI=1S/C21H32ClN6O7P/c1-7-31-16-13-15(25-19(23)26-16)28(10-24-13)17-21(6,22)14-12(34-17)9-33-36(30,35-14)27-11(2)8-32-18(29)20(3,4)5/h10-12,14,17H,7-9H2,1-6H3,(H,27,30)(H2,23,25,26)/t11-,12+,14+,17+,21+,36?/m0/s1. The van der Waals surface area contributed by atoms with Crippen molar-refractivity contribution in [2.75, 3.05) is 25.6 Å². The largest absolute Gasteiger partial charge is 0.476 e. The maximum Gasteiger partial charge on any atom is 0.406 e. The van der Waals surface area contributed by atoms with Crippen LogP contribution >= 0.6 is 19.3 Å². The first kappa shape index (κ1) is 27.0. The molecule has 2 aromatic heterocycles. The maximum absolute atomic E-state index is 13.4. The van der Waals surface area contributed by atoms with E-state index in [1.54, 1.807) is 39.2 Å². The Hall–Kier alpha value is -2.02. The Morgan fingerprint density at radius 3 is 2.83 bits per heavy atom. The van der Waals surface area contributed by atoms with Crippen molar-refractivity contribution in [1.82, 2.24) is 24.6 Å². The summed E-state index contributed by atoms with van der Waals surface area (Å²) in [4.78, 5) is 23.6. The Labute approximate surface area is 213 Å². The number of anilines is 1. The molecule has 0 amide bonds. The number of aromatic nitrogens is 4. The van der Waals surface area contributed by atoms with Gasteiger partial charge in [0, 0.05) is 6.04 Å². The van der Waals surface area contributed by atoms with Crippen molar-refractivity contribution in [2.24, 2.45) is 5.41 Å². The first-order chi connectivity index (χ1) is 16.7. The van der Waals surface area contributed by atoms with Gasteiger partial charge in [-0.1, -0.05) is 0 Å². The first-order valence-electron chi connectivity index (χ1n) is 11.6. The molecule has 2 aliphatic rings. The van der Waals surface area contributed by atoms with E-state index in [4.69, 9.17) is 40.6 Å². The minimum Gasteiger partial charge on any atom is -0.476 e. The van der Waals surface area contributed by atoms with E-state index in [2.05, 4.69) is 20.0 Å². The Morgan fingerprint density at radius 1 is 1.44 bits per heavy atom. The summed E-state index contributed by atoms with van der Waals surface area (Å²) < 4.78 is 43.5. The van der Waals surface area contributed by atoms with E-state index in [-0.39, 0.29) is 31.0 Å². The molecule has 0 saturated carbocycles. The summed E-state index contributed by atoms with van der Waals surface area (Å²) in [5.41, 5.74) is 6.00. The molecule has 6 atom stereocenters. The molecular formula is C21H32ClN6O7P. The van der Waals surface area contributed by atoms with E-state index in [0.29, 0.717) is 17.8 Å². The highest BCUT2D eigenvalue weighted by atomic mass is 35.5. The van der Waals surface area contributed by atoms with Gasteiger partial charge in [0.05, 0.1) is 25.0 Å². The molecule has 2 aliphatic heterocycles. The van der Waals surface area contributed by atoms with E-state index < -0.39 is 42.5 Å². The van der Waals surface area contributed by atoms with Crippen LogP contribution in [0.25, 0.3) is 11.2 Å². The fourth-order valence-corrected chi connectivity index (χ4v) is 6.18. The lowest BCUT2D eigenvalue weighted by Crippen LogP contribution is -2.46. The summed E-state index contributed by atoms with van der Waals surface area (Å²) in [7, 11) is -3.79. The molecule has 2 fully saturated rings. The molecule has 0 spiro atoms. The molecule has 0 bridgehead atoms. The number of nitrogens with one attached hydrogen (secondary N) is 1. The molecule has 0 radical (unpaired) electrons. The zero-order chi connectivity index (χ0) is 26.5. The lowest BCUT2D eigenvalue weighted by molar-refractivity contribution is -0.153. The van der Waals surface area contributed by atoms with Crippen molar-refractivity contribution in [3.8, 4) is 5.88 Å². The predicted molar refractivity (Wildman–Crippen MR) is 131 cm³/mol. The number of hydrogen-bond donors (Lipinski definition) is 2. The summed E-state index contributed by atoms with van der Waals surface area (Å²) in [6.45, 7) is 10.8. The molecule has 0 aromatic carbocycles. The third-order valence-corrected chi connectivity index (χ3v) is 7.89. The van der Waals surface area contributed by atoms with Crippen LogP contribution < -0.4 is 15.6 Å². The number of ether oxygens (including phenoxy) is 3. The molecule has 3 N–H and O–H groups in total. The zero-order valence-electron chi connectivity index (χ0n) is 21.1. The number of imidazole rings is 1. The van der Waals surface area contributed by atoms with Gasteiger partial charge in [-0.3, -0.25) is 18.4 Å². The summed E-state index contributed by atoms with van der Waals surface area (Å²) in [6.07, 6.45) is -0.709. The number of alkyl halides is 1. The predicted octanol–water partition coefficient (Wildman–Crippen LogP) is 2.79. The lowest BCUT2D eigenvalue weighted by atomic mass is 9.97. The minimum absolute atomic E-state index is 0.00817. The summed E-state index contributed by atoms with van der Waals surface area (Å²) >= 11 is 6.98. The van der Waals surface area contributed by atoms with Crippen molar-refractivity contribution in [1.29, 1.82) is 0 Å². The van der Waals surface area contributed by atoms with Gasteiger partial charge in [0.25, 0.3) is 0 Å². The van der Waals surface area contributed by atoms with Crippen molar-refractivity contribution < 1.29 is 32.6 Å². The minimum atomic E-state index is -3.79. The number of nitrogens with zero attached hydrogens (tertiary/aromatic N) is 4. The molecule has 2 saturated heterocycles. The van der Waals surface area contributed by atoms with Crippen LogP contribution in [-0.2, 0) is 27.9 Å². The highest BCUT2D eigenvalue weighted by Gasteiger charge is 2.60. The molecule has 15 heteroatoms. The first-order valence-corrected chi connectivity index (χ1v) is 13.5. The number of nitrogen functional groups attached to an aromatic ring is 1. The van der Waals surface area contributed by atoms with Gasteiger partial charge in [0.2, 0.25) is 11.8 Å². The van der Waals surface area contributed by atoms with Gasteiger partial charge >= 0.3 is 13.7 Å². The SMILES string of the molecule is CCOc1nc(N)nc2c1ncn2[C@@H]1O[C@@H]2COP(=O)(N[C@@H](C)COC(=O)C(C)(C)C)O[C@H]2[C@@]1(C)Cl. The van der Waals surface area contributed by atoms with Crippen LogP contribution in [0.5, 0.6) is 5.88 Å². The molecule has 4 rings (SSSR count). The second-order valence-electron chi connectivity index (χ2n) is 10.0. The molecular weight excluding hydrogens is 515 g/mol. The van der Waals surface area contributed by atoms with Crippen LogP contribution in [0.15, 0.2) is 6.33 Å². The van der Waals surface area contributed by atoms with E-state index in [0.717, 1.165) is 0 Å². The number of esters is 1. The van der Waals surface area contributed by atoms with Crippen LogP contribution in [-0.4, -0.2) is 68.4 Å². The van der Waals surface area contributed by atoms with E-state index in [1.807, 2.05) is 6.92 Å². The van der Waals surface area contributed by atoms with E-state index in [1.165, 1.54) is 6.33 Å². The van der Waals surface area contributed by atoms with Gasteiger partial charge in [0.15, 0.2) is 17.4 Å². The van der Waals surface area contributed by atoms with Crippen LogP contribution in [0.4, 0.5) is 5.95 Å². The fourth-order valence-electron chi connectivity index (χ4n) is 3.97. The second kappa shape index (κ2) is 9.70. The Morgan fingerprint density at radius 2 is 2.17 bits per heavy atom. The number of carbonyl (C=O) groups is 1. The number of hydrogen-bond acceptors (Lipinski definition) is 11. The zero-order valence-corrected chi connectivity index (χ0v) is 22.7. The smallest absolute Gasteiger partial charge is 0.406 e. The normalized spacial score (nSPS) is 31.2. The average Bonchev–Trinajstić information content (AvgIpc) is 3.29. The van der Waals surface area contributed by atoms with Crippen molar-refractivity contribution in [2.45, 2.75) is 70.9 Å². The Balaban J connectivity index is 1.51. The van der Waals surface area contributed by atoms with Gasteiger partial charge in [-0.15, -0.1) is 11.6 Å². The number of carbonyl (C=O) groups excluding carboxylic acids is 1. The van der Waals surface area contributed by atoms with Crippen LogP contribution in [0.3, 0.4) is 0 Å². The molecule has 4 heterocycles. The average molecular weight is 547 g/mol. The Bertz CT molecular complexity index is 1190. The van der Waals surface area contributed by atoms with Gasteiger partial charge in [-0.05, 0) is 41.5 Å². The van der Waals surface area contributed by atoms with Crippen LogP contribution in [0, 0.1) is 5.41 Å². The highest BCUT2D eigenvalue weighted by molar-refractivity contribution is 7.51. The quantitative estimate of drug-likeness (QED) is 0.297. The topological polar surface area (TPSA) is 162 Å². The number of nitrogens with two attached hydrogens (primary N) is 1. The van der Waals surface area contributed by atoms with E-state index in [9.17, 15) is 9.36 Å². The van der Waals surface area contributed by atoms with Gasteiger partial charge in [-0.25, -0.2) is 14.6 Å². The molecule has 1 unspecified atom stereocenters. The van der Waals surface area contributed by atoms with Crippen molar-refractivity contribution in [3.63, 3.8) is 0 Å². The van der Waals surface area contributed by atoms with Crippen molar-refractivity contribution in [3.05, 3.63) is 6.33 Å². The van der Waals surface area contributed by atoms with Crippen LogP contribution in [0.2, 0.25) is 0 Å². The van der Waals surface area contributed by atoms with Crippen LogP contribution in [0.1, 0.15) is 47.8 Å². The Kier molecular flexibility index (Phi) is 7.28. The second-order valence-corrected chi connectivity index (χ2v) is 12.6. The maximum atomic E-state index is 13.4. The molecule has 13 nitrogen and oxygen atoms in total. The van der Waals surface area contributed by atoms with Gasteiger partial charge < -0.3 is 19.9 Å². The van der Waals surface area contributed by atoms with Gasteiger partial charge in [-0.2, -0.15) is 9.97 Å². The summed E-state index contributed by atoms with van der Waals surface area (Å²) in [5.74, 6) is -0.112. The van der Waals surface area contributed by atoms with E-state index >= 15 is 0 Å². The number of halogens is 1. The third kappa shape index (κ3) is 5.18. The highest BCUT2D eigenvalue weighted by Crippen LogP contribution is 2.57. The molecule has 200 valence electrons. The summed E-state index contributed by atoms with van der Waals surface area (Å²) in [6, 6.07) is -0.507.